The molecule has 0 atom stereocenters. The number of amidine groups is 1. The summed E-state index contributed by atoms with van der Waals surface area (Å²) in [5.74, 6) is 0.293. The lowest BCUT2D eigenvalue weighted by molar-refractivity contribution is -0.383. The smallest absolute Gasteiger partial charge is 0.292 e. The molecule has 0 aromatic heterocycles. The molecule has 0 fully saturated rings. The topological polar surface area (TPSA) is 111 Å². The number of aliphatic imine (C=N–C) groups is 1. The van der Waals surface area contributed by atoms with Crippen LogP contribution in [0.25, 0.3) is 0 Å². The summed E-state index contributed by atoms with van der Waals surface area (Å²) < 4.78 is 0. The van der Waals surface area contributed by atoms with Crippen LogP contribution in [0.15, 0.2) is 23.2 Å². The second-order valence-electron chi connectivity index (χ2n) is 4.45. The maximum absolute atomic E-state index is 10.8. The molecule has 0 unspecified atom stereocenters. The summed E-state index contributed by atoms with van der Waals surface area (Å²) in [6.45, 7) is 1.50. The number of hydrogen-bond donors (Lipinski definition) is 2. The van der Waals surface area contributed by atoms with Gasteiger partial charge in [-0.2, -0.15) is 0 Å². The van der Waals surface area contributed by atoms with E-state index in [-0.39, 0.29) is 23.8 Å². The third kappa shape index (κ3) is 5.41. The molecule has 0 saturated heterocycles. The van der Waals surface area contributed by atoms with Crippen LogP contribution in [0.3, 0.4) is 0 Å². The van der Waals surface area contributed by atoms with Crippen molar-refractivity contribution in [2.24, 2.45) is 10.7 Å². The van der Waals surface area contributed by atoms with Gasteiger partial charge in [-0.1, -0.05) is 0 Å². The molecule has 0 aliphatic carbocycles. The van der Waals surface area contributed by atoms with Crippen molar-refractivity contribution in [1.82, 2.24) is 4.90 Å². The van der Waals surface area contributed by atoms with E-state index in [1.54, 1.807) is 6.07 Å². The lowest BCUT2D eigenvalue weighted by atomic mass is 10.1. The third-order valence-electron chi connectivity index (χ3n) is 2.57. The summed E-state index contributed by atoms with van der Waals surface area (Å²) in [7, 11) is 3.97. The average Bonchev–Trinajstić information content (AvgIpc) is 2.34. The van der Waals surface area contributed by atoms with Crippen LogP contribution in [0.4, 0.5) is 11.4 Å². The third-order valence-corrected chi connectivity index (χ3v) is 2.57. The summed E-state index contributed by atoms with van der Waals surface area (Å²) in [4.78, 5) is 16.5. The van der Waals surface area contributed by atoms with E-state index in [1.165, 1.54) is 12.1 Å². The molecule has 1 aromatic rings. The normalized spacial score (nSPS) is 11.2. The molecule has 4 N–H and O–H groups in total. The number of nitrogens with zero attached hydrogens (tertiary/aromatic N) is 3. The fourth-order valence-electron chi connectivity index (χ4n) is 1.54. The highest BCUT2D eigenvalue weighted by Crippen LogP contribution is 2.22. The van der Waals surface area contributed by atoms with Crippen LogP contribution in [-0.4, -0.2) is 42.8 Å². The fourth-order valence-corrected chi connectivity index (χ4v) is 1.54. The highest BCUT2D eigenvalue weighted by Gasteiger charge is 2.13. The van der Waals surface area contributed by atoms with Gasteiger partial charge in [0.1, 0.15) is 11.5 Å². The molecule has 7 nitrogen and oxygen atoms in total. The summed E-state index contributed by atoms with van der Waals surface area (Å²) in [5, 5.41) is 10.8. The van der Waals surface area contributed by atoms with Gasteiger partial charge >= 0.3 is 0 Å². The van der Waals surface area contributed by atoms with Crippen molar-refractivity contribution < 1.29 is 4.92 Å². The summed E-state index contributed by atoms with van der Waals surface area (Å²) in [6, 6.07) is 4.45. The Morgan fingerprint density at radius 1 is 1.45 bits per heavy atom. The second kappa shape index (κ2) is 8.34. The zero-order valence-electron chi connectivity index (χ0n) is 11.6. The van der Waals surface area contributed by atoms with Crippen molar-refractivity contribution in [2.75, 3.05) is 32.9 Å². The van der Waals surface area contributed by atoms with E-state index in [0.717, 1.165) is 13.0 Å². The molecule has 0 radical (unpaired) electrons. The zero-order chi connectivity index (χ0) is 14.4. The van der Waals surface area contributed by atoms with Crippen molar-refractivity contribution in [3.8, 4) is 0 Å². The molecule has 0 amide bonds. The number of nitro groups is 1. The Kier molecular flexibility index (Phi) is 7.56. The van der Waals surface area contributed by atoms with Gasteiger partial charge in [0.2, 0.25) is 0 Å². The summed E-state index contributed by atoms with van der Waals surface area (Å²) >= 11 is 0. The number of halogens is 1. The standard InChI is InChI=1S/C12H19N5O2.ClH/c1-16(2)7-3-6-15-12(14)9-4-5-10(13)11(8-9)17(18)19;/h4-5,8H,3,6-7,13H2,1-2H3,(H2,14,15);1H. The molecule has 8 heteroatoms. The highest BCUT2D eigenvalue weighted by molar-refractivity contribution is 5.98. The van der Waals surface area contributed by atoms with Crippen LogP contribution in [0, 0.1) is 10.1 Å². The molecular weight excluding hydrogens is 282 g/mol. The van der Waals surface area contributed by atoms with Crippen LogP contribution in [0.5, 0.6) is 0 Å². The SMILES string of the molecule is CN(C)CCCN=C(N)c1ccc(N)c([N+](=O)[O-])c1.Cl. The maximum atomic E-state index is 10.8. The van der Waals surface area contributed by atoms with E-state index in [4.69, 9.17) is 11.5 Å². The Morgan fingerprint density at radius 3 is 2.65 bits per heavy atom. The number of nitro benzene ring substituents is 1. The number of rotatable bonds is 6. The van der Waals surface area contributed by atoms with Gasteiger partial charge in [0.25, 0.3) is 5.69 Å². The first-order chi connectivity index (χ1) is 8.91. The van der Waals surface area contributed by atoms with Crippen molar-refractivity contribution in [3.05, 3.63) is 33.9 Å². The summed E-state index contributed by atoms with van der Waals surface area (Å²) in [6.07, 6.45) is 0.880. The molecule has 1 aromatic carbocycles. The molecule has 0 heterocycles. The Balaban J connectivity index is 0.00000361. The first kappa shape index (κ1) is 18.1. The number of nitrogen functional groups attached to an aromatic ring is 1. The van der Waals surface area contributed by atoms with Crippen molar-refractivity contribution in [1.29, 1.82) is 0 Å². The molecule has 0 saturated carbocycles. The average molecular weight is 302 g/mol. The fraction of sp³-hybridized carbons (Fsp3) is 0.417. The minimum atomic E-state index is -0.530. The van der Waals surface area contributed by atoms with E-state index < -0.39 is 4.92 Å². The molecule has 112 valence electrons. The lowest BCUT2D eigenvalue weighted by Gasteiger charge is -2.07. The van der Waals surface area contributed by atoms with E-state index in [1.807, 2.05) is 14.1 Å². The van der Waals surface area contributed by atoms with Gasteiger partial charge in [-0.25, -0.2) is 0 Å². The number of anilines is 1. The Labute approximate surface area is 124 Å². The van der Waals surface area contributed by atoms with Crippen LogP contribution in [0.2, 0.25) is 0 Å². The minimum Gasteiger partial charge on any atom is -0.393 e. The van der Waals surface area contributed by atoms with Crippen LogP contribution in [-0.2, 0) is 0 Å². The second-order valence-corrected chi connectivity index (χ2v) is 4.45. The first-order valence-electron chi connectivity index (χ1n) is 5.90. The predicted octanol–water partition coefficient (Wildman–Crippen LogP) is 1.26. The Hall–Kier alpha value is -1.86. The van der Waals surface area contributed by atoms with Crippen molar-refractivity contribution >= 4 is 29.6 Å². The molecule has 0 bridgehead atoms. The molecule has 0 aliphatic heterocycles. The van der Waals surface area contributed by atoms with Crippen LogP contribution < -0.4 is 11.5 Å². The van der Waals surface area contributed by atoms with Crippen molar-refractivity contribution in [3.63, 3.8) is 0 Å². The van der Waals surface area contributed by atoms with Gasteiger partial charge in [0, 0.05) is 18.2 Å². The largest absolute Gasteiger partial charge is 0.393 e. The lowest BCUT2D eigenvalue weighted by Crippen LogP contribution is -2.17. The molecule has 0 spiro atoms. The summed E-state index contributed by atoms with van der Waals surface area (Å²) in [5.41, 5.74) is 11.8. The highest BCUT2D eigenvalue weighted by atomic mass is 35.5. The minimum absolute atomic E-state index is 0. The maximum Gasteiger partial charge on any atom is 0.292 e. The van der Waals surface area contributed by atoms with Crippen LogP contribution in [0.1, 0.15) is 12.0 Å². The predicted molar refractivity (Wildman–Crippen MR) is 83.5 cm³/mol. The van der Waals surface area contributed by atoms with Gasteiger partial charge in [0.05, 0.1) is 4.92 Å². The van der Waals surface area contributed by atoms with Crippen molar-refractivity contribution in [2.45, 2.75) is 6.42 Å². The molecular formula is C12H20ClN5O2. The van der Waals surface area contributed by atoms with E-state index >= 15 is 0 Å². The Morgan fingerprint density at radius 2 is 2.10 bits per heavy atom. The number of hydrogen-bond acceptors (Lipinski definition) is 5. The first-order valence-corrected chi connectivity index (χ1v) is 5.90. The quantitative estimate of drug-likeness (QED) is 0.205. The van der Waals surface area contributed by atoms with E-state index in [9.17, 15) is 10.1 Å². The molecule has 1 rings (SSSR count). The van der Waals surface area contributed by atoms with Gasteiger partial charge in [-0.15, -0.1) is 12.4 Å². The van der Waals surface area contributed by atoms with Crippen LogP contribution >= 0.6 is 12.4 Å². The number of benzene rings is 1. The zero-order valence-corrected chi connectivity index (χ0v) is 12.4. The van der Waals surface area contributed by atoms with E-state index in [0.29, 0.717) is 17.9 Å². The molecule has 0 aliphatic rings. The van der Waals surface area contributed by atoms with Gasteiger partial charge in [0.15, 0.2) is 0 Å². The number of nitrogens with two attached hydrogens (primary N) is 2. The monoisotopic (exact) mass is 301 g/mol. The molecule has 20 heavy (non-hydrogen) atoms. The Bertz CT molecular complexity index is 491. The van der Waals surface area contributed by atoms with E-state index in [2.05, 4.69) is 9.89 Å². The van der Waals surface area contributed by atoms with Gasteiger partial charge in [-0.3, -0.25) is 15.1 Å². The van der Waals surface area contributed by atoms with Gasteiger partial charge < -0.3 is 16.4 Å². The van der Waals surface area contributed by atoms with Gasteiger partial charge in [-0.05, 0) is 39.2 Å².